The average Bonchev–Trinajstić information content (AvgIpc) is 3.82. The smallest absolute Gasteiger partial charge is 0.166 e. The summed E-state index contributed by atoms with van der Waals surface area (Å²) in [5.74, 6) is 1.82. The molecule has 0 aliphatic heterocycles. The Labute approximate surface area is 329 Å². The molecule has 0 aliphatic carbocycles. The standard InChI is InChI=1S/C52H34N4O/c1-33-20-22-34(23-21-33)37-25-28-46-43(30-37)40-16-8-10-18-45(40)56(46)47-29-26-38(39-24-27-42-41-17-9-11-19-48(41)57-49(42)32-39)31-44(47)52-54-50(35-12-4-2-5-13-35)53-51(55-52)36-14-6-3-7-15-36/h2-32H,1H3. The summed E-state index contributed by atoms with van der Waals surface area (Å²) < 4.78 is 8.71. The summed E-state index contributed by atoms with van der Waals surface area (Å²) in [6.45, 7) is 2.12. The number of hydrogen-bond acceptors (Lipinski definition) is 4. The molecule has 3 heterocycles. The van der Waals surface area contributed by atoms with Crippen molar-refractivity contribution in [3.05, 3.63) is 194 Å². The van der Waals surface area contributed by atoms with E-state index in [1.54, 1.807) is 0 Å². The Bertz CT molecular complexity index is 3230. The van der Waals surface area contributed by atoms with E-state index in [9.17, 15) is 0 Å². The lowest BCUT2D eigenvalue weighted by atomic mass is 9.99. The third-order valence-electron chi connectivity index (χ3n) is 10.9. The number of aryl methyl sites for hydroxylation is 1. The largest absolute Gasteiger partial charge is 0.456 e. The van der Waals surface area contributed by atoms with Crippen molar-refractivity contribution < 1.29 is 4.42 Å². The highest BCUT2D eigenvalue weighted by Gasteiger charge is 2.21. The molecule has 8 aromatic carbocycles. The molecule has 0 radical (unpaired) electrons. The van der Waals surface area contributed by atoms with E-state index in [0.717, 1.165) is 66.5 Å². The zero-order chi connectivity index (χ0) is 37.9. The summed E-state index contributed by atoms with van der Waals surface area (Å²) in [6, 6.07) is 65.8. The number of aromatic nitrogens is 4. The Morgan fingerprint density at radius 3 is 1.67 bits per heavy atom. The lowest BCUT2D eigenvalue weighted by molar-refractivity contribution is 0.669. The van der Waals surface area contributed by atoms with Crippen LogP contribution in [0.15, 0.2) is 192 Å². The quantitative estimate of drug-likeness (QED) is 0.171. The van der Waals surface area contributed by atoms with Crippen molar-refractivity contribution in [2.45, 2.75) is 6.92 Å². The van der Waals surface area contributed by atoms with Crippen LogP contribution in [-0.2, 0) is 0 Å². The van der Waals surface area contributed by atoms with E-state index < -0.39 is 0 Å². The third-order valence-corrected chi connectivity index (χ3v) is 10.9. The third kappa shape index (κ3) is 5.68. The molecule has 0 saturated heterocycles. The zero-order valence-corrected chi connectivity index (χ0v) is 31.1. The fourth-order valence-corrected chi connectivity index (χ4v) is 8.08. The van der Waals surface area contributed by atoms with Crippen LogP contribution in [0.25, 0.3) is 106 Å². The van der Waals surface area contributed by atoms with Crippen molar-refractivity contribution in [1.82, 2.24) is 19.5 Å². The second kappa shape index (κ2) is 13.3. The van der Waals surface area contributed by atoms with Crippen molar-refractivity contribution in [2.24, 2.45) is 0 Å². The molecule has 0 aliphatic rings. The number of nitrogens with zero attached hydrogens (tertiary/aromatic N) is 4. The summed E-state index contributed by atoms with van der Waals surface area (Å²) in [5, 5.41) is 4.56. The lowest BCUT2D eigenvalue weighted by Gasteiger charge is -2.16. The van der Waals surface area contributed by atoms with Gasteiger partial charge in [0.15, 0.2) is 17.5 Å². The molecule has 57 heavy (non-hydrogen) atoms. The summed E-state index contributed by atoms with van der Waals surface area (Å²) in [6.07, 6.45) is 0. The molecule has 0 saturated carbocycles. The van der Waals surface area contributed by atoms with Crippen LogP contribution in [0.2, 0.25) is 0 Å². The molecule has 0 unspecified atom stereocenters. The number of hydrogen-bond donors (Lipinski definition) is 0. The van der Waals surface area contributed by atoms with Crippen LogP contribution in [0.3, 0.4) is 0 Å². The predicted octanol–water partition coefficient (Wildman–Crippen LogP) is 13.5. The molecule has 5 heteroatoms. The van der Waals surface area contributed by atoms with Crippen LogP contribution in [-0.4, -0.2) is 19.5 Å². The highest BCUT2D eigenvalue weighted by atomic mass is 16.3. The number of rotatable bonds is 6. The van der Waals surface area contributed by atoms with Gasteiger partial charge in [-0.1, -0.05) is 145 Å². The Kier molecular flexibility index (Phi) is 7.64. The molecule has 0 amide bonds. The van der Waals surface area contributed by atoms with Gasteiger partial charge in [0.25, 0.3) is 0 Å². The minimum Gasteiger partial charge on any atom is -0.456 e. The van der Waals surface area contributed by atoms with Crippen LogP contribution < -0.4 is 0 Å². The van der Waals surface area contributed by atoms with Gasteiger partial charge in [-0.05, 0) is 77.7 Å². The van der Waals surface area contributed by atoms with E-state index in [1.165, 1.54) is 27.5 Å². The first-order valence-electron chi connectivity index (χ1n) is 19.2. The molecule has 3 aromatic heterocycles. The van der Waals surface area contributed by atoms with E-state index in [2.05, 4.69) is 127 Å². The van der Waals surface area contributed by atoms with Gasteiger partial charge in [-0.15, -0.1) is 0 Å². The Balaban J connectivity index is 1.18. The predicted molar refractivity (Wildman–Crippen MR) is 233 cm³/mol. The summed E-state index contributed by atoms with van der Waals surface area (Å²) in [5.41, 5.74) is 13.3. The van der Waals surface area contributed by atoms with Gasteiger partial charge in [-0.3, -0.25) is 0 Å². The van der Waals surface area contributed by atoms with Crippen LogP contribution >= 0.6 is 0 Å². The van der Waals surface area contributed by atoms with Crippen molar-refractivity contribution in [1.29, 1.82) is 0 Å². The van der Waals surface area contributed by atoms with E-state index in [0.29, 0.717) is 17.5 Å². The first-order chi connectivity index (χ1) is 28.1. The van der Waals surface area contributed by atoms with Crippen LogP contribution in [0.1, 0.15) is 5.56 Å². The maximum Gasteiger partial charge on any atom is 0.166 e. The molecular weight excluding hydrogens is 697 g/mol. The van der Waals surface area contributed by atoms with Gasteiger partial charge < -0.3 is 8.98 Å². The number of benzene rings is 8. The van der Waals surface area contributed by atoms with Gasteiger partial charge in [0.05, 0.1) is 16.7 Å². The summed E-state index contributed by atoms with van der Waals surface area (Å²) >= 11 is 0. The highest BCUT2D eigenvalue weighted by molar-refractivity contribution is 6.11. The maximum atomic E-state index is 6.35. The fraction of sp³-hybridized carbons (Fsp3) is 0.0192. The average molecular weight is 731 g/mol. The van der Waals surface area contributed by atoms with Crippen molar-refractivity contribution >= 4 is 43.7 Å². The topological polar surface area (TPSA) is 56.7 Å². The molecular formula is C52H34N4O. The zero-order valence-electron chi connectivity index (χ0n) is 31.1. The van der Waals surface area contributed by atoms with Gasteiger partial charge in [-0.25, -0.2) is 15.0 Å². The van der Waals surface area contributed by atoms with E-state index in [-0.39, 0.29) is 0 Å². The van der Waals surface area contributed by atoms with Gasteiger partial charge in [0.2, 0.25) is 0 Å². The van der Waals surface area contributed by atoms with Gasteiger partial charge in [0.1, 0.15) is 11.2 Å². The van der Waals surface area contributed by atoms with Crippen molar-refractivity contribution in [3.63, 3.8) is 0 Å². The minimum atomic E-state index is 0.589. The van der Waals surface area contributed by atoms with E-state index in [4.69, 9.17) is 19.4 Å². The normalized spacial score (nSPS) is 11.6. The monoisotopic (exact) mass is 730 g/mol. The Morgan fingerprint density at radius 2 is 0.912 bits per heavy atom. The van der Waals surface area contributed by atoms with E-state index in [1.807, 2.05) is 72.8 Å². The maximum absolute atomic E-state index is 6.35. The van der Waals surface area contributed by atoms with Gasteiger partial charge in [-0.2, -0.15) is 0 Å². The summed E-state index contributed by atoms with van der Waals surface area (Å²) in [4.78, 5) is 15.5. The van der Waals surface area contributed by atoms with Crippen LogP contribution in [0.5, 0.6) is 0 Å². The van der Waals surface area contributed by atoms with Crippen molar-refractivity contribution in [3.8, 4) is 62.1 Å². The minimum absolute atomic E-state index is 0.589. The molecule has 268 valence electrons. The summed E-state index contributed by atoms with van der Waals surface area (Å²) in [7, 11) is 0. The number of para-hydroxylation sites is 2. The highest BCUT2D eigenvalue weighted by Crippen LogP contribution is 2.40. The van der Waals surface area contributed by atoms with Crippen LogP contribution in [0, 0.1) is 6.92 Å². The Hall–Kier alpha value is -7.63. The second-order valence-electron chi connectivity index (χ2n) is 14.5. The number of furan rings is 1. The second-order valence-corrected chi connectivity index (χ2v) is 14.5. The molecule has 5 nitrogen and oxygen atoms in total. The van der Waals surface area contributed by atoms with Crippen molar-refractivity contribution in [2.75, 3.05) is 0 Å². The SMILES string of the molecule is Cc1ccc(-c2ccc3c(c2)c2ccccc2n3-c2ccc(-c3ccc4c(c3)oc3ccccc34)cc2-c2nc(-c3ccccc3)nc(-c3ccccc3)n2)cc1. The van der Waals surface area contributed by atoms with Crippen LogP contribution in [0.4, 0.5) is 0 Å². The van der Waals surface area contributed by atoms with Gasteiger partial charge >= 0.3 is 0 Å². The van der Waals surface area contributed by atoms with E-state index >= 15 is 0 Å². The lowest BCUT2D eigenvalue weighted by Crippen LogP contribution is -2.04. The fourth-order valence-electron chi connectivity index (χ4n) is 8.08. The first kappa shape index (κ1) is 32.8. The molecule has 0 spiro atoms. The number of fused-ring (bicyclic) bond motifs is 6. The first-order valence-corrected chi connectivity index (χ1v) is 19.2. The molecule has 0 bridgehead atoms. The Morgan fingerprint density at radius 1 is 0.368 bits per heavy atom. The molecule has 0 fully saturated rings. The molecule has 11 rings (SSSR count). The van der Waals surface area contributed by atoms with Gasteiger partial charge in [0, 0.05) is 38.2 Å². The molecule has 0 N–H and O–H groups in total. The molecule has 11 aromatic rings. The molecule has 0 atom stereocenters.